The highest BCUT2D eigenvalue weighted by atomic mass is 16.6. The first-order valence-electron chi connectivity index (χ1n) is 10.8. The number of amides is 3. The highest BCUT2D eigenvalue weighted by Gasteiger charge is 2.43. The Morgan fingerprint density at radius 1 is 1.21 bits per heavy atom. The fourth-order valence-corrected chi connectivity index (χ4v) is 3.26. The van der Waals surface area contributed by atoms with Gasteiger partial charge < -0.3 is 30.1 Å². The number of hydrogen-bond donors (Lipinski definition) is 3. The molecule has 0 spiro atoms. The molecule has 2 unspecified atom stereocenters. The second-order valence-corrected chi connectivity index (χ2v) is 9.09. The van der Waals surface area contributed by atoms with E-state index in [0.717, 1.165) is 0 Å². The summed E-state index contributed by atoms with van der Waals surface area (Å²) in [5.41, 5.74) is 0.266. The molecule has 1 aliphatic carbocycles. The molecule has 33 heavy (non-hydrogen) atoms. The molecule has 0 bridgehead atoms. The van der Waals surface area contributed by atoms with Crippen molar-refractivity contribution >= 4 is 23.9 Å². The lowest BCUT2D eigenvalue weighted by molar-refractivity contribution is -0.145. The van der Waals surface area contributed by atoms with Crippen LogP contribution in [0.1, 0.15) is 57.7 Å². The summed E-state index contributed by atoms with van der Waals surface area (Å²) in [6.45, 7) is 7.98. The molecule has 0 aromatic heterocycles. The number of hydrogen-bond acceptors (Lipinski definition) is 7. The number of alkyl carbamates (subject to hydrolysis) is 1. The van der Waals surface area contributed by atoms with Crippen LogP contribution in [0.5, 0.6) is 5.75 Å². The second kappa shape index (κ2) is 10.5. The first kappa shape index (κ1) is 26.0. The van der Waals surface area contributed by atoms with Gasteiger partial charge in [0.1, 0.15) is 30.0 Å². The number of aryl methyl sites for hydroxylation is 1. The van der Waals surface area contributed by atoms with Crippen LogP contribution in [-0.2, 0) is 23.9 Å². The molecule has 2 atom stereocenters. The van der Waals surface area contributed by atoms with Gasteiger partial charge in [-0.1, -0.05) is 6.07 Å². The average Bonchev–Trinajstić information content (AvgIpc) is 3.55. The smallest absolute Gasteiger partial charge is 0.408 e. The topological polar surface area (TPSA) is 134 Å². The SMILES string of the molecule is COC(=O)CNC(=O)C(c1ccc(O)c(C)c1)N(C(=O)C(C)NC(=O)OC(C)(C)C)C1CC1. The molecule has 0 aliphatic heterocycles. The quantitative estimate of drug-likeness (QED) is 0.502. The number of phenols is 1. The van der Waals surface area contributed by atoms with E-state index >= 15 is 0 Å². The Balaban J connectivity index is 2.34. The lowest BCUT2D eigenvalue weighted by Gasteiger charge is -2.34. The van der Waals surface area contributed by atoms with Crippen molar-refractivity contribution in [2.24, 2.45) is 0 Å². The second-order valence-electron chi connectivity index (χ2n) is 9.09. The molecule has 1 aromatic carbocycles. The first-order chi connectivity index (χ1) is 15.3. The van der Waals surface area contributed by atoms with E-state index in [1.807, 2.05) is 0 Å². The zero-order chi connectivity index (χ0) is 24.9. The number of nitrogens with one attached hydrogen (secondary N) is 2. The molecule has 3 N–H and O–H groups in total. The molecule has 0 radical (unpaired) electrons. The minimum Gasteiger partial charge on any atom is -0.508 e. The molecular formula is C23H33N3O7. The predicted molar refractivity (Wildman–Crippen MR) is 119 cm³/mol. The minimum absolute atomic E-state index is 0.0525. The third kappa shape index (κ3) is 7.37. The molecule has 1 saturated carbocycles. The number of ether oxygens (including phenoxy) is 2. The van der Waals surface area contributed by atoms with Gasteiger partial charge in [-0.2, -0.15) is 0 Å². The molecule has 1 fully saturated rings. The summed E-state index contributed by atoms with van der Waals surface area (Å²) in [6, 6.07) is 2.38. The number of carbonyl (C=O) groups excluding carboxylic acids is 4. The number of methoxy groups -OCH3 is 1. The summed E-state index contributed by atoms with van der Waals surface area (Å²) in [4.78, 5) is 51.8. The zero-order valence-corrected chi connectivity index (χ0v) is 19.9. The fraction of sp³-hybridized carbons (Fsp3) is 0.565. The van der Waals surface area contributed by atoms with Gasteiger partial charge in [0, 0.05) is 6.04 Å². The van der Waals surface area contributed by atoms with Crippen LogP contribution >= 0.6 is 0 Å². The maximum atomic E-state index is 13.4. The van der Waals surface area contributed by atoms with Gasteiger partial charge >= 0.3 is 12.1 Å². The van der Waals surface area contributed by atoms with Crippen LogP contribution in [0.2, 0.25) is 0 Å². The molecule has 3 amide bonds. The Labute approximate surface area is 193 Å². The van der Waals surface area contributed by atoms with Crippen molar-refractivity contribution in [3.05, 3.63) is 29.3 Å². The van der Waals surface area contributed by atoms with Gasteiger partial charge in [-0.3, -0.25) is 14.4 Å². The van der Waals surface area contributed by atoms with Crippen LogP contribution in [-0.4, -0.2) is 65.2 Å². The maximum absolute atomic E-state index is 13.4. The Bertz CT molecular complexity index is 906. The van der Waals surface area contributed by atoms with Gasteiger partial charge in [-0.15, -0.1) is 0 Å². The maximum Gasteiger partial charge on any atom is 0.408 e. The van der Waals surface area contributed by atoms with Crippen molar-refractivity contribution in [1.82, 2.24) is 15.5 Å². The highest BCUT2D eigenvalue weighted by Crippen LogP contribution is 2.36. The number of phenolic OH excluding ortho intramolecular Hbond substituents is 1. The van der Waals surface area contributed by atoms with Crippen molar-refractivity contribution in [3.63, 3.8) is 0 Å². The summed E-state index contributed by atoms with van der Waals surface area (Å²) in [5, 5.41) is 15.0. The first-order valence-corrected chi connectivity index (χ1v) is 10.8. The summed E-state index contributed by atoms with van der Waals surface area (Å²) < 4.78 is 9.82. The Morgan fingerprint density at radius 3 is 2.36 bits per heavy atom. The van der Waals surface area contributed by atoms with Gasteiger partial charge in [0.15, 0.2) is 0 Å². The molecule has 182 valence electrons. The van der Waals surface area contributed by atoms with Gasteiger partial charge in [-0.05, 0) is 70.7 Å². The van der Waals surface area contributed by atoms with Crippen molar-refractivity contribution in [2.75, 3.05) is 13.7 Å². The van der Waals surface area contributed by atoms with E-state index < -0.39 is 41.6 Å². The van der Waals surface area contributed by atoms with Crippen molar-refractivity contribution in [2.45, 2.75) is 71.2 Å². The van der Waals surface area contributed by atoms with Crippen molar-refractivity contribution in [1.29, 1.82) is 0 Å². The fourth-order valence-electron chi connectivity index (χ4n) is 3.26. The van der Waals surface area contributed by atoms with E-state index in [9.17, 15) is 24.3 Å². The summed E-state index contributed by atoms with van der Waals surface area (Å²) in [5.74, 6) is -1.62. The van der Waals surface area contributed by atoms with Gasteiger partial charge in [0.2, 0.25) is 11.8 Å². The van der Waals surface area contributed by atoms with E-state index in [1.54, 1.807) is 39.8 Å². The monoisotopic (exact) mass is 463 g/mol. The summed E-state index contributed by atoms with van der Waals surface area (Å²) in [7, 11) is 1.21. The van der Waals surface area contributed by atoms with E-state index in [0.29, 0.717) is 24.0 Å². The Hall–Kier alpha value is -3.30. The van der Waals surface area contributed by atoms with Crippen LogP contribution in [0.15, 0.2) is 18.2 Å². The van der Waals surface area contributed by atoms with Gasteiger partial charge in [-0.25, -0.2) is 4.79 Å². The van der Waals surface area contributed by atoms with Gasteiger partial charge in [0.05, 0.1) is 7.11 Å². The standard InChI is InChI=1S/C23H33N3O7/c1-13-11-15(7-10-17(13)27)19(20(29)24-12-18(28)32-6)26(16-8-9-16)21(30)14(2)25-22(31)33-23(3,4)5/h7,10-11,14,16,19,27H,8-9,12H2,1-6H3,(H,24,29)(H,25,31). The number of carbonyl (C=O) groups is 4. The highest BCUT2D eigenvalue weighted by molar-refractivity contribution is 5.93. The molecular weight excluding hydrogens is 430 g/mol. The van der Waals surface area contributed by atoms with Gasteiger partial charge in [0.25, 0.3) is 0 Å². The lowest BCUT2D eigenvalue weighted by atomic mass is 10.00. The Kier molecular flexibility index (Phi) is 8.29. The summed E-state index contributed by atoms with van der Waals surface area (Å²) >= 11 is 0. The molecule has 1 aliphatic rings. The zero-order valence-electron chi connectivity index (χ0n) is 19.9. The molecule has 0 heterocycles. The lowest BCUT2D eigenvalue weighted by Crippen LogP contribution is -2.53. The number of rotatable bonds is 8. The molecule has 1 aromatic rings. The van der Waals surface area contributed by atoms with Crippen LogP contribution in [0, 0.1) is 6.92 Å². The minimum atomic E-state index is -1.07. The van der Waals surface area contributed by atoms with E-state index in [-0.39, 0.29) is 18.3 Å². The van der Waals surface area contributed by atoms with E-state index in [4.69, 9.17) is 4.74 Å². The molecule has 2 rings (SSSR count). The average molecular weight is 464 g/mol. The predicted octanol–water partition coefficient (Wildman–Crippen LogP) is 1.94. The van der Waals surface area contributed by atoms with Crippen molar-refractivity contribution < 1.29 is 33.8 Å². The van der Waals surface area contributed by atoms with Crippen LogP contribution in [0.25, 0.3) is 0 Å². The normalized spacial score (nSPS) is 15.1. The number of aromatic hydroxyl groups is 1. The number of esters is 1. The molecule has 10 heteroatoms. The molecule has 0 saturated heterocycles. The summed E-state index contributed by atoms with van der Waals surface area (Å²) in [6.07, 6.45) is 0.650. The number of benzene rings is 1. The van der Waals surface area contributed by atoms with Crippen molar-refractivity contribution in [3.8, 4) is 5.75 Å². The van der Waals surface area contributed by atoms with E-state index in [2.05, 4.69) is 15.4 Å². The third-order valence-corrected chi connectivity index (χ3v) is 5.00. The molecule has 10 nitrogen and oxygen atoms in total. The largest absolute Gasteiger partial charge is 0.508 e. The van der Waals surface area contributed by atoms with Crippen LogP contribution in [0.3, 0.4) is 0 Å². The van der Waals surface area contributed by atoms with Crippen LogP contribution < -0.4 is 10.6 Å². The Morgan fingerprint density at radius 2 is 1.85 bits per heavy atom. The van der Waals surface area contributed by atoms with E-state index in [1.165, 1.54) is 25.0 Å². The number of nitrogens with zero attached hydrogens (tertiary/aromatic N) is 1. The third-order valence-electron chi connectivity index (χ3n) is 5.00. The van der Waals surface area contributed by atoms with Crippen LogP contribution in [0.4, 0.5) is 4.79 Å².